The molecule has 3 nitrogen and oxygen atoms in total. The highest BCUT2D eigenvalue weighted by Gasteiger charge is 2.44. The molecule has 0 bridgehead atoms. The molecule has 3 heteroatoms. The molecule has 0 saturated heterocycles. The standard InChI is InChI=1S/C14H31N3/c1-5-14(6-2,17(7-3)8-4)13(16-15)12-10-9-11-12/h12-13,16H,5-11,15H2,1-4H3. The monoisotopic (exact) mass is 241 g/mol. The summed E-state index contributed by atoms with van der Waals surface area (Å²) in [7, 11) is 0. The van der Waals surface area contributed by atoms with Crippen molar-refractivity contribution in [1.29, 1.82) is 0 Å². The molecule has 1 aliphatic rings. The third-order valence-electron chi connectivity index (χ3n) is 5.00. The predicted molar refractivity (Wildman–Crippen MR) is 74.7 cm³/mol. The predicted octanol–water partition coefficient (Wildman–Crippen LogP) is 2.52. The fourth-order valence-corrected chi connectivity index (χ4v) is 3.69. The van der Waals surface area contributed by atoms with Crippen LogP contribution in [0.3, 0.4) is 0 Å². The van der Waals surface area contributed by atoms with Crippen molar-refractivity contribution in [2.75, 3.05) is 13.1 Å². The van der Waals surface area contributed by atoms with E-state index in [-0.39, 0.29) is 5.54 Å². The van der Waals surface area contributed by atoms with Gasteiger partial charge in [0, 0.05) is 11.6 Å². The van der Waals surface area contributed by atoms with Crippen molar-refractivity contribution in [2.45, 2.75) is 71.4 Å². The summed E-state index contributed by atoms with van der Waals surface area (Å²) in [5, 5.41) is 0. The Labute approximate surface area is 107 Å². The Morgan fingerprint density at radius 1 is 1.18 bits per heavy atom. The van der Waals surface area contributed by atoms with E-state index >= 15 is 0 Å². The molecular weight excluding hydrogens is 210 g/mol. The Morgan fingerprint density at radius 2 is 1.71 bits per heavy atom. The average Bonchev–Trinajstić information content (AvgIpc) is 2.31. The molecule has 0 aromatic rings. The molecule has 0 heterocycles. The highest BCUT2D eigenvalue weighted by Crippen LogP contribution is 2.39. The van der Waals surface area contributed by atoms with E-state index < -0.39 is 0 Å². The summed E-state index contributed by atoms with van der Waals surface area (Å²) in [4.78, 5) is 2.61. The fourth-order valence-electron chi connectivity index (χ4n) is 3.69. The number of rotatable bonds is 8. The molecular formula is C14H31N3. The van der Waals surface area contributed by atoms with E-state index in [0.29, 0.717) is 6.04 Å². The van der Waals surface area contributed by atoms with E-state index in [0.717, 1.165) is 19.0 Å². The molecule has 0 radical (unpaired) electrons. The van der Waals surface area contributed by atoms with Crippen molar-refractivity contribution in [3.63, 3.8) is 0 Å². The highest BCUT2D eigenvalue weighted by molar-refractivity contribution is 5.02. The van der Waals surface area contributed by atoms with Crippen molar-refractivity contribution in [1.82, 2.24) is 10.3 Å². The van der Waals surface area contributed by atoms with Gasteiger partial charge in [-0.15, -0.1) is 0 Å². The van der Waals surface area contributed by atoms with E-state index in [9.17, 15) is 0 Å². The molecule has 0 aliphatic heterocycles. The average molecular weight is 241 g/mol. The number of hydrogen-bond acceptors (Lipinski definition) is 3. The second kappa shape index (κ2) is 6.72. The summed E-state index contributed by atoms with van der Waals surface area (Å²) < 4.78 is 0. The minimum absolute atomic E-state index is 0.239. The van der Waals surface area contributed by atoms with Gasteiger partial charge in [0.05, 0.1) is 0 Å². The van der Waals surface area contributed by atoms with Crippen molar-refractivity contribution >= 4 is 0 Å². The van der Waals surface area contributed by atoms with E-state index in [4.69, 9.17) is 5.84 Å². The van der Waals surface area contributed by atoms with Gasteiger partial charge in [-0.25, -0.2) is 0 Å². The zero-order valence-corrected chi connectivity index (χ0v) is 12.1. The second-order valence-corrected chi connectivity index (χ2v) is 5.32. The molecule has 1 atom stereocenters. The molecule has 1 aliphatic carbocycles. The van der Waals surface area contributed by atoms with Gasteiger partial charge < -0.3 is 0 Å². The maximum Gasteiger partial charge on any atom is 0.0422 e. The van der Waals surface area contributed by atoms with Gasteiger partial charge in [0.25, 0.3) is 0 Å². The number of nitrogens with one attached hydrogen (secondary N) is 1. The molecule has 3 N–H and O–H groups in total. The summed E-state index contributed by atoms with van der Waals surface area (Å²) in [6.45, 7) is 11.4. The van der Waals surface area contributed by atoms with Crippen LogP contribution < -0.4 is 11.3 Å². The minimum Gasteiger partial charge on any atom is -0.297 e. The molecule has 0 aromatic carbocycles. The van der Waals surface area contributed by atoms with Crippen LogP contribution in [0.25, 0.3) is 0 Å². The number of likely N-dealkylation sites (N-methyl/N-ethyl adjacent to an activating group) is 1. The molecule has 0 amide bonds. The molecule has 0 spiro atoms. The Morgan fingerprint density at radius 3 is 1.94 bits per heavy atom. The Balaban J connectivity index is 2.92. The Kier molecular flexibility index (Phi) is 5.90. The van der Waals surface area contributed by atoms with Gasteiger partial charge in [-0.3, -0.25) is 16.2 Å². The second-order valence-electron chi connectivity index (χ2n) is 5.32. The van der Waals surface area contributed by atoms with E-state index in [1.54, 1.807) is 0 Å². The number of nitrogens with two attached hydrogens (primary N) is 1. The van der Waals surface area contributed by atoms with Crippen LogP contribution in [-0.4, -0.2) is 29.6 Å². The quantitative estimate of drug-likeness (QED) is 0.507. The third-order valence-corrected chi connectivity index (χ3v) is 5.00. The fraction of sp³-hybridized carbons (Fsp3) is 1.00. The van der Waals surface area contributed by atoms with Gasteiger partial charge in [-0.2, -0.15) is 0 Å². The largest absolute Gasteiger partial charge is 0.297 e. The minimum atomic E-state index is 0.239. The molecule has 1 saturated carbocycles. The van der Waals surface area contributed by atoms with Crippen LogP contribution >= 0.6 is 0 Å². The third kappa shape index (κ3) is 2.67. The highest BCUT2D eigenvalue weighted by atomic mass is 15.3. The number of hydrogen-bond donors (Lipinski definition) is 2. The first-order chi connectivity index (χ1) is 8.19. The first kappa shape index (κ1) is 14.9. The Bertz CT molecular complexity index is 206. The maximum atomic E-state index is 5.89. The van der Waals surface area contributed by atoms with Gasteiger partial charge in [0.2, 0.25) is 0 Å². The molecule has 1 rings (SSSR count). The zero-order valence-electron chi connectivity index (χ0n) is 12.1. The topological polar surface area (TPSA) is 41.3 Å². The van der Waals surface area contributed by atoms with Crippen molar-refractivity contribution in [3.8, 4) is 0 Å². The van der Waals surface area contributed by atoms with Crippen LogP contribution in [0.4, 0.5) is 0 Å². The molecule has 17 heavy (non-hydrogen) atoms. The Hall–Kier alpha value is -0.120. The lowest BCUT2D eigenvalue weighted by atomic mass is 9.69. The summed E-state index contributed by atoms with van der Waals surface area (Å²) in [6, 6.07) is 0.450. The summed E-state index contributed by atoms with van der Waals surface area (Å²) >= 11 is 0. The van der Waals surface area contributed by atoms with E-state index in [1.165, 1.54) is 32.1 Å². The SMILES string of the molecule is CCN(CC)C(CC)(CC)C(NN)C1CCC1. The number of nitrogens with zero attached hydrogens (tertiary/aromatic N) is 1. The van der Waals surface area contributed by atoms with Crippen LogP contribution in [0.5, 0.6) is 0 Å². The van der Waals surface area contributed by atoms with Gasteiger partial charge in [0.15, 0.2) is 0 Å². The molecule has 0 aromatic heterocycles. The van der Waals surface area contributed by atoms with Gasteiger partial charge in [-0.1, -0.05) is 34.1 Å². The lowest BCUT2D eigenvalue weighted by Gasteiger charge is -2.52. The van der Waals surface area contributed by atoms with Crippen LogP contribution in [0.1, 0.15) is 59.8 Å². The maximum absolute atomic E-state index is 5.89. The summed E-state index contributed by atoms with van der Waals surface area (Å²) in [5.41, 5.74) is 3.39. The van der Waals surface area contributed by atoms with Crippen molar-refractivity contribution < 1.29 is 0 Å². The van der Waals surface area contributed by atoms with Gasteiger partial charge >= 0.3 is 0 Å². The van der Waals surface area contributed by atoms with E-state index in [2.05, 4.69) is 38.0 Å². The first-order valence-corrected chi connectivity index (χ1v) is 7.41. The van der Waals surface area contributed by atoms with Crippen LogP contribution in [0, 0.1) is 5.92 Å². The van der Waals surface area contributed by atoms with Crippen LogP contribution in [0.2, 0.25) is 0 Å². The summed E-state index contributed by atoms with van der Waals surface area (Å²) in [6.07, 6.45) is 6.42. The molecule has 1 fully saturated rings. The van der Waals surface area contributed by atoms with E-state index in [1.807, 2.05) is 0 Å². The normalized spacial score (nSPS) is 19.4. The van der Waals surface area contributed by atoms with Crippen molar-refractivity contribution in [2.24, 2.45) is 11.8 Å². The smallest absolute Gasteiger partial charge is 0.0422 e. The van der Waals surface area contributed by atoms with Gasteiger partial charge in [-0.05, 0) is 44.7 Å². The number of hydrazine groups is 1. The summed E-state index contributed by atoms with van der Waals surface area (Å²) in [5.74, 6) is 6.67. The van der Waals surface area contributed by atoms with Crippen LogP contribution in [-0.2, 0) is 0 Å². The van der Waals surface area contributed by atoms with Crippen molar-refractivity contribution in [3.05, 3.63) is 0 Å². The lowest BCUT2D eigenvalue weighted by molar-refractivity contribution is 0.00901. The van der Waals surface area contributed by atoms with Gasteiger partial charge in [0.1, 0.15) is 0 Å². The molecule has 1 unspecified atom stereocenters. The lowest BCUT2D eigenvalue weighted by Crippen LogP contribution is -2.65. The zero-order chi connectivity index (χ0) is 12.9. The molecule has 102 valence electrons. The first-order valence-electron chi connectivity index (χ1n) is 7.41. The van der Waals surface area contributed by atoms with Crippen LogP contribution in [0.15, 0.2) is 0 Å².